The Balaban J connectivity index is 1.62. The normalized spacial score (nSPS) is 12.4. The van der Waals surface area contributed by atoms with Gasteiger partial charge < -0.3 is 5.32 Å². The van der Waals surface area contributed by atoms with Crippen molar-refractivity contribution in [2.75, 3.05) is 5.32 Å². The van der Waals surface area contributed by atoms with Gasteiger partial charge in [-0.15, -0.1) is 0 Å². The van der Waals surface area contributed by atoms with Gasteiger partial charge in [-0.3, -0.25) is 9.48 Å². The number of aromatic nitrogens is 5. The quantitative estimate of drug-likeness (QED) is 0.418. The van der Waals surface area contributed by atoms with Crippen LogP contribution in [-0.4, -0.2) is 36.5 Å². The van der Waals surface area contributed by atoms with Crippen LogP contribution in [0.3, 0.4) is 0 Å². The van der Waals surface area contributed by atoms with Crippen LogP contribution >= 0.6 is 0 Å². The Morgan fingerprint density at radius 3 is 2.35 bits per heavy atom. The van der Waals surface area contributed by atoms with E-state index in [9.17, 15) is 26.7 Å². The molecule has 1 amide bonds. The predicted molar refractivity (Wildman–Crippen MR) is 113 cm³/mol. The van der Waals surface area contributed by atoms with E-state index in [2.05, 4.69) is 20.5 Å². The van der Waals surface area contributed by atoms with Crippen LogP contribution in [-0.2, 0) is 12.5 Å². The van der Waals surface area contributed by atoms with E-state index >= 15 is 0 Å². The van der Waals surface area contributed by atoms with Gasteiger partial charge in [-0.05, 0) is 50.6 Å². The highest BCUT2D eigenvalue weighted by molar-refractivity contribution is 6.03. The lowest BCUT2D eigenvalue weighted by Crippen LogP contribution is -2.36. The fourth-order valence-corrected chi connectivity index (χ4v) is 3.53. The SMILES string of the molecule is Cc1cc(C(F)(F)C(F)(F)F)n2nc(C(=O)Nc3cccc(Cn4nc(C)cc4C)c3)cc2n1. The minimum Gasteiger partial charge on any atom is -0.321 e. The van der Waals surface area contributed by atoms with Crippen LogP contribution in [0.25, 0.3) is 5.65 Å². The summed E-state index contributed by atoms with van der Waals surface area (Å²) in [5.74, 6) is -5.97. The van der Waals surface area contributed by atoms with Crippen LogP contribution in [0.1, 0.15) is 38.8 Å². The average molecular weight is 478 g/mol. The minimum absolute atomic E-state index is 0.0739. The van der Waals surface area contributed by atoms with E-state index in [4.69, 9.17) is 0 Å². The molecule has 0 atom stereocenters. The summed E-state index contributed by atoms with van der Waals surface area (Å²) < 4.78 is 69.1. The molecule has 7 nitrogen and oxygen atoms in total. The fraction of sp³-hybridized carbons (Fsp3) is 0.273. The zero-order valence-corrected chi connectivity index (χ0v) is 18.3. The second-order valence-electron chi connectivity index (χ2n) is 7.89. The van der Waals surface area contributed by atoms with Crippen molar-refractivity contribution in [1.82, 2.24) is 24.4 Å². The molecule has 0 fully saturated rings. The number of fused-ring (bicyclic) bond motifs is 1. The average Bonchev–Trinajstić information content (AvgIpc) is 3.29. The molecule has 178 valence electrons. The molecule has 0 spiro atoms. The molecular formula is C22H19F5N6O. The molecule has 0 unspecified atom stereocenters. The van der Waals surface area contributed by atoms with Crippen molar-refractivity contribution < 1.29 is 26.7 Å². The number of rotatable bonds is 5. The van der Waals surface area contributed by atoms with Gasteiger partial charge in [0, 0.05) is 23.1 Å². The van der Waals surface area contributed by atoms with E-state index in [0.29, 0.717) is 22.8 Å². The van der Waals surface area contributed by atoms with Gasteiger partial charge in [-0.1, -0.05) is 12.1 Å². The number of halogens is 5. The van der Waals surface area contributed by atoms with Crippen molar-refractivity contribution in [1.29, 1.82) is 0 Å². The number of aryl methyl sites for hydroxylation is 3. The highest BCUT2D eigenvalue weighted by Crippen LogP contribution is 2.43. The minimum atomic E-state index is -5.84. The van der Waals surface area contributed by atoms with Gasteiger partial charge in [0.15, 0.2) is 11.3 Å². The number of carbonyl (C=O) groups is 1. The molecule has 1 N–H and O–H groups in total. The summed E-state index contributed by atoms with van der Waals surface area (Å²) >= 11 is 0. The molecular weight excluding hydrogens is 459 g/mol. The largest absolute Gasteiger partial charge is 0.459 e. The third-order valence-corrected chi connectivity index (χ3v) is 5.09. The Labute approximate surface area is 190 Å². The van der Waals surface area contributed by atoms with E-state index in [0.717, 1.165) is 23.0 Å². The number of hydrogen-bond donors (Lipinski definition) is 1. The summed E-state index contributed by atoms with van der Waals surface area (Å²) in [5.41, 5.74) is 0.903. The lowest BCUT2D eigenvalue weighted by Gasteiger charge is -2.20. The first-order valence-electron chi connectivity index (χ1n) is 10.1. The first-order valence-corrected chi connectivity index (χ1v) is 10.1. The summed E-state index contributed by atoms with van der Waals surface area (Å²) in [4.78, 5) is 16.6. The number of hydrogen-bond acceptors (Lipinski definition) is 4. The van der Waals surface area contributed by atoms with Crippen LogP contribution in [0, 0.1) is 20.8 Å². The van der Waals surface area contributed by atoms with Gasteiger partial charge in [-0.25, -0.2) is 9.50 Å². The van der Waals surface area contributed by atoms with E-state index in [-0.39, 0.29) is 17.0 Å². The summed E-state index contributed by atoms with van der Waals surface area (Å²) in [6, 6.07) is 10.5. The molecule has 0 saturated heterocycles. The van der Waals surface area contributed by atoms with Crippen molar-refractivity contribution in [3.8, 4) is 0 Å². The Bertz CT molecular complexity index is 1390. The zero-order chi connectivity index (χ0) is 24.8. The smallest absolute Gasteiger partial charge is 0.321 e. The zero-order valence-electron chi connectivity index (χ0n) is 18.3. The van der Waals surface area contributed by atoms with Crippen molar-refractivity contribution in [3.63, 3.8) is 0 Å². The third-order valence-electron chi connectivity index (χ3n) is 5.09. The van der Waals surface area contributed by atoms with Crippen LogP contribution in [0.5, 0.6) is 0 Å². The van der Waals surface area contributed by atoms with E-state index in [1.54, 1.807) is 22.9 Å². The molecule has 1 aromatic carbocycles. The fourth-order valence-electron chi connectivity index (χ4n) is 3.53. The highest BCUT2D eigenvalue weighted by atomic mass is 19.4. The number of nitrogens with one attached hydrogen (secondary N) is 1. The number of nitrogens with zero attached hydrogens (tertiary/aromatic N) is 5. The van der Waals surface area contributed by atoms with Crippen LogP contribution in [0.15, 0.2) is 42.5 Å². The maximum absolute atomic E-state index is 14.1. The third kappa shape index (κ3) is 4.35. The Morgan fingerprint density at radius 2 is 1.71 bits per heavy atom. The van der Waals surface area contributed by atoms with Crippen LogP contribution in [0.4, 0.5) is 27.6 Å². The number of amides is 1. The lowest BCUT2D eigenvalue weighted by molar-refractivity contribution is -0.291. The van der Waals surface area contributed by atoms with Gasteiger partial charge in [0.1, 0.15) is 5.69 Å². The van der Waals surface area contributed by atoms with E-state index in [1.165, 1.54) is 6.92 Å². The standard InChI is InChI=1S/C22H19F5N6O/c1-12-8-18(21(23,24)22(25,26)27)33-19(28-12)10-17(31-33)20(34)29-16-6-4-5-15(9-16)11-32-14(3)7-13(2)30-32/h4-10H,11H2,1-3H3,(H,29,34). The number of anilines is 1. The number of benzene rings is 1. The lowest BCUT2D eigenvalue weighted by atomic mass is 10.2. The maximum Gasteiger partial charge on any atom is 0.459 e. The van der Waals surface area contributed by atoms with Crippen LogP contribution in [0.2, 0.25) is 0 Å². The Morgan fingerprint density at radius 1 is 0.971 bits per heavy atom. The van der Waals surface area contributed by atoms with E-state index in [1.807, 2.05) is 26.0 Å². The monoisotopic (exact) mass is 478 g/mol. The molecule has 3 heterocycles. The topological polar surface area (TPSA) is 77.1 Å². The summed E-state index contributed by atoms with van der Waals surface area (Å²) in [6.45, 7) is 5.52. The molecule has 4 aromatic rings. The predicted octanol–water partition coefficient (Wildman–Crippen LogP) is 4.81. The number of carbonyl (C=O) groups excluding carboxylic acids is 1. The van der Waals surface area contributed by atoms with Gasteiger partial charge >= 0.3 is 12.1 Å². The molecule has 4 rings (SSSR count). The molecule has 0 aliphatic heterocycles. The van der Waals surface area contributed by atoms with Gasteiger partial charge in [0.25, 0.3) is 5.91 Å². The molecule has 0 aliphatic rings. The first kappa shape index (κ1) is 23.3. The second kappa shape index (κ2) is 8.19. The molecule has 12 heteroatoms. The Hall–Kier alpha value is -3.83. The summed E-state index contributed by atoms with van der Waals surface area (Å²) in [7, 11) is 0. The number of alkyl halides is 5. The van der Waals surface area contributed by atoms with Gasteiger partial charge in [0.2, 0.25) is 0 Å². The molecule has 0 radical (unpaired) electrons. The Kier molecular flexibility index (Phi) is 5.62. The summed E-state index contributed by atoms with van der Waals surface area (Å²) in [5, 5.41) is 10.7. The highest BCUT2D eigenvalue weighted by Gasteiger charge is 2.60. The van der Waals surface area contributed by atoms with Gasteiger partial charge in [0.05, 0.1) is 12.2 Å². The van der Waals surface area contributed by atoms with Crippen molar-refractivity contribution in [2.45, 2.75) is 39.4 Å². The van der Waals surface area contributed by atoms with Crippen molar-refractivity contribution in [2.24, 2.45) is 0 Å². The second-order valence-corrected chi connectivity index (χ2v) is 7.89. The molecule has 0 bridgehead atoms. The van der Waals surface area contributed by atoms with E-state index < -0.39 is 23.7 Å². The van der Waals surface area contributed by atoms with Crippen molar-refractivity contribution >= 4 is 17.2 Å². The summed E-state index contributed by atoms with van der Waals surface area (Å²) in [6.07, 6.45) is -5.84. The molecule has 34 heavy (non-hydrogen) atoms. The van der Waals surface area contributed by atoms with Crippen LogP contribution < -0.4 is 5.32 Å². The van der Waals surface area contributed by atoms with Gasteiger partial charge in [-0.2, -0.15) is 32.1 Å². The molecule has 0 saturated carbocycles. The first-order chi connectivity index (χ1) is 15.8. The molecule has 0 aliphatic carbocycles. The maximum atomic E-state index is 14.1. The molecule has 3 aromatic heterocycles. The van der Waals surface area contributed by atoms with Crippen molar-refractivity contribution in [3.05, 3.63) is 76.5 Å².